The SMILES string of the molecule is CCC(C(=N)N)N1CC(C)CC1C. The third-order valence-corrected chi connectivity index (χ3v) is 2.98. The molecule has 1 aliphatic rings. The summed E-state index contributed by atoms with van der Waals surface area (Å²) < 4.78 is 0. The summed E-state index contributed by atoms with van der Waals surface area (Å²) in [5.74, 6) is 1.08. The second kappa shape index (κ2) is 4.09. The lowest BCUT2D eigenvalue weighted by atomic mass is 10.1. The Kier molecular flexibility index (Phi) is 3.31. The molecule has 0 aromatic rings. The molecular formula is C10H21N3. The van der Waals surface area contributed by atoms with Gasteiger partial charge in [0.1, 0.15) is 5.84 Å². The van der Waals surface area contributed by atoms with Crippen LogP contribution in [-0.4, -0.2) is 29.4 Å². The Labute approximate surface area is 80.8 Å². The first-order valence-electron chi connectivity index (χ1n) is 5.15. The number of nitrogens with zero attached hydrogens (tertiary/aromatic N) is 1. The van der Waals surface area contributed by atoms with Crippen LogP contribution in [0.1, 0.15) is 33.6 Å². The Bertz CT molecular complexity index is 191. The zero-order chi connectivity index (χ0) is 10.0. The summed E-state index contributed by atoms with van der Waals surface area (Å²) in [5, 5.41) is 7.51. The van der Waals surface area contributed by atoms with Gasteiger partial charge in [0, 0.05) is 12.6 Å². The Morgan fingerprint density at radius 1 is 1.62 bits per heavy atom. The van der Waals surface area contributed by atoms with Crippen LogP contribution in [0.5, 0.6) is 0 Å². The molecule has 1 heterocycles. The summed E-state index contributed by atoms with van der Waals surface area (Å²) in [7, 11) is 0. The first-order chi connectivity index (χ1) is 6.06. The molecule has 3 unspecified atom stereocenters. The minimum atomic E-state index is 0.167. The standard InChI is InChI=1S/C10H21N3/c1-4-9(10(11)12)13-6-7(2)5-8(13)3/h7-9H,4-6H2,1-3H3,(H3,11,12). The quantitative estimate of drug-likeness (QED) is 0.514. The zero-order valence-electron chi connectivity index (χ0n) is 8.88. The smallest absolute Gasteiger partial charge is 0.108 e. The summed E-state index contributed by atoms with van der Waals surface area (Å²) in [4.78, 5) is 2.37. The summed E-state index contributed by atoms with van der Waals surface area (Å²) in [6.45, 7) is 7.69. The molecule has 1 fully saturated rings. The Balaban J connectivity index is 2.64. The Morgan fingerprint density at radius 2 is 2.23 bits per heavy atom. The molecule has 0 spiro atoms. The highest BCUT2D eigenvalue weighted by Gasteiger charge is 2.31. The highest BCUT2D eigenvalue weighted by atomic mass is 15.2. The molecule has 1 aliphatic heterocycles. The van der Waals surface area contributed by atoms with E-state index in [4.69, 9.17) is 11.1 Å². The van der Waals surface area contributed by atoms with Crippen LogP contribution >= 0.6 is 0 Å². The molecule has 0 bridgehead atoms. The summed E-state index contributed by atoms with van der Waals surface area (Å²) >= 11 is 0. The second-order valence-corrected chi connectivity index (χ2v) is 4.27. The van der Waals surface area contributed by atoms with Gasteiger partial charge in [0.15, 0.2) is 0 Å². The van der Waals surface area contributed by atoms with Gasteiger partial charge in [-0.05, 0) is 25.7 Å². The van der Waals surface area contributed by atoms with Crippen molar-refractivity contribution < 1.29 is 0 Å². The summed E-state index contributed by atoms with van der Waals surface area (Å²) in [6, 6.07) is 0.754. The van der Waals surface area contributed by atoms with Crippen LogP contribution in [0, 0.1) is 11.3 Å². The van der Waals surface area contributed by atoms with Crippen molar-refractivity contribution >= 4 is 5.84 Å². The molecule has 0 aromatic heterocycles. The molecule has 13 heavy (non-hydrogen) atoms. The van der Waals surface area contributed by atoms with E-state index >= 15 is 0 Å². The van der Waals surface area contributed by atoms with E-state index in [1.165, 1.54) is 6.42 Å². The third kappa shape index (κ3) is 2.21. The van der Waals surface area contributed by atoms with Gasteiger partial charge in [-0.3, -0.25) is 10.3 Å². The monoisotopic (exact) mass is 183 g/mol. The number of nitrogens with two attached hydrogens (primary N) is 1. The Hall–Kier alpha value is -0.570. The molecule has 1 saturated heterocycles. The molecule has 1 rings (SSSR count). The van der Waals surface area contributed by atoms with Crippen LogP contribution < -0.4 is 5.73 Å². The average molecular weight is 183 g/mol. The van der Waals surface area contributed by atoms with Gasteiger partial charge in [0.25, 0.3) is 0 Å². The molecule has 0 aliphatic carbocycles. The van der Waals surface area contributed by atoms with E-state index in [1.807, 2.05) is 0 Å². The lowest BCUT2D eigenvalue weighted by Crippen LogP contribution is -2.45. The minimum absolute atomic E-state index is 0.167. The molecule has 0 saturated carbocycles. The molecule has 0 aromatic carbocycles. The van der Waals surface area contributed by atoms with Crippen molar-refractivity contribution in [3.63, 3.8) is 0 Å². The molecule has 0 amide bonds. The van der Waals surface area contributed by atoms with Crippen molar-refractivity contribution in [1.82, 2.24) is 4.90 Å². The topological polar surface area (TPSA) is 53.1 Å². The van der Waals surface area contributed by atoms with Crippen molar-refractivity contribution in [2.45, 2.75) is 45.7 Å². The van der Waals surface area contributed by atoms with Crippen LogP contribution in [-0.2, 0) is 0 Å². The lowest BCUT2D eigenvalue weighted by Gasteiger charge is -2.29. The largest absolute Gasteiger partial charge is 0.386 e. The zero-order valence-corrected chi connectivity index (χ0v) is 8.88. The number of amidine groups is 1. The van der Waals surface area contributed by atoms with E-state index in [2.05, 4.69) is 25.7 Å². The van der Waals surface area contributed by atoms with Crippen molar-refractivity contribution in [2.75, 3.05) is 6.54 Å². The van der Waals surface area contributed by atoms with Gasteiger partial charge in [-0.2, -0.15) is 0 Å². The van der Waals surface area contributed by atoms with Gasteiger partial charge in [-0.25, -0.2) is 0 Å². The summed E-state index contributed by atoms with van der Waals surface area (Å²) in [5.41, 5.74) is 5.58. The van der Waals surface area contributed by atoms with Crippen molar-refractivity contribution in [3.8, 4) is 0 Å². The number of hydrogen-bond acceptors (Lipinski definition) is 2. The van der Waals surface area contributed by atoms with Crippen LogP contribution in [0.2, 0.25) is 0 Å². The normalized spacial score (nSPS) is 31.9. The highest BCUT2D eigenvalue weighted by molar-refractivity contribution is 5.82. The van der Waals surface area contributed by atoms with E-state index in [1.54, 1.807) is 0 Å². The first-order valence-corrected chi connectivity index (χ1v) is 5.15. The molecule has 3 heteroatoms. The molecule has 3 nitrogen and oxygen atoms in total. The predicted octanol–water partition coefficient (Wildman–Crippen LogP) is 1.43. The fraction of sp³-hybridized carbons (Fsp3) is 0.900. The number of rotatable bonds is 3. The highest BCUT2D eigenvalue weighted by Crippen LogP contribution is 2.25. The third-order valence-electron chi connectivity index (χ3n) is 2.98. The Morgan fingerprint density at radius 3 is 2.54 bits per heavy atom. The van der Waals surface area contributed by atoms with Gasteiger partial charge in [0.05, 0.1) is 6.04 Å². The number of likely N-dealkylation sites (tertiary alicyclic amines) is 1. The molecule has 3 atom stereocenters. The van der Waals surface area contributed by atoms with E-state index < -0.39 is 0 Å². The maximum atomic E-state index is 7.51. The van der Waals surface area contributed by atoms with Gasteiger partial charge in [0.2, 0.25) is 0 Å². The van der Waals surface area contributed by atoms with Crippen LogP contribution in [0.25, 0.3) is 0 Å². The van der Waals surface area contributed by atoms with Crippen LogP contribution in [0.3, 0.4) is 0 Å². The predicted molar refractivity (Wildman–Crippen MR) is 55.9 cm³/mol. The first kappa shape index (κ1) is 10.5. The molecular weight excluding hydrogens is 162 g/mol. The summed E-state index contributed by atoms with van der Waals surface area (Å²) in [6.07, 6.45) is 2.19. The minimum Gasteiger partial charge on any atom is -0.386 e. The van der Waals surface area contributed by atoms with Crippen molar-refractivity contribution in [2.24, 2.45) is 11.7 Å². The molecule has 76 valence electrons. The van der Waals surface area contributed by atoms with E-state index in [0.717, 1.165) is 18.9 Å². The average Bonchev–Trinajstić information content (AvgIpc) is 2.31. The van der Waals surface area contributed by atoms with Gasteiger partial charge in [-0.1, -0.05) is 13.8 Å². The molecule has 3 N–H and O–H groups in total. The van der Waals surface area contributed by atoms with Crippen molar-refractivity contribution in [1.29, 1.82) is 5.41 Å². The number of nitrogens with one attached hydrogen (secondary N) is 1. The maximum Gasteiger partial charge on any atom is 0.108 e. The van der Waals surface area contributed by atoms with Gasteiger partial charge in [-0.15, -0.1) is 0 Å². The van der Waals surface area contributed by atoms with Gasteiger partial charge < -0.3 is 5.73 Å². The fourth-order valence-electron chi connectivity index (χ4n) is 2.40. The van der Waals surface area contributed by atoms with Crippen LogP contribution in [0.4, 0.5) is 0 Å². The van der Waals surface area contributed by atoms with Gasteiger partial charge >= 0.3 is 0 Å². The van der Waals surface area contributed by atoms with E-state index in [9.17, 15) is 0 Å². The number of hydrogen-bond donors (Lipinski definition) is 2. The van der Waals surface area contributed by atoms with E-state index in [-0.39, 0.29) is 6.04 Å². The van der Waals surface area contributed by atoms with E-state index in [0.29, 0.717) is 11.9 Å². The lowest BCUT2D eigenvalue weighted by molar-refractivity contribution is 0.226. The maximum absolute atomic E-state index is 7.51. The van der Waals surface area contributed by atoms with Crippen molar-refractivity contribution in [3.05, 3.63) is 0 Å². The second-order valence-electron chi connectivity index (χ2n) is 4.27. The fourth-order valence-corrected chi connectivity index (χ4v) is 2.40. The molecule has 0 radical (unpaired) electrons. The van der Waals surface area contributed by atoms with Crippen LogP contribution in [0.15, 0.2) is 0 Å².